The number of hydrogen-bond acceptors (Lipinski definition) is 2. The van der Waals surface area contributed by atoms with Crippen molar-refractivity contribution in [2.75, 3.05) is 10.6 Å². The number of nitrogens with one attached hydrogen (secondary N) is 2. The number of aromatic hydroxyl groups is 1. The van der Waals surface area contributed by atoms with Crippen LogP contribution in [0, 0.1) is 6.92 Å². The Bertz CT molecular complexity index is 520. The van der Waals surface area contributed by atoms with Gasteiger partial charge < -0.3 is 15.7 Å². The number of phenolic OH excluding ortho intramolecular Hbond substituents is 1. The quantitative estimate of drug-likeness (QED) is 0.570. The molecule has 4 heteroatoms. The highest BCUT2D eigenvalue weighted by molar-refractivity contribution is 7.80. The smallest absolute Gasteiger partial charge is 0.175 e. The summed E-state index contributed by atoms with van der Waals surface area (Å²) in [7, 11) is 0. The van der Waals surface area contributed by atoms with Gasteiger partial charge in [0.05, 0.1) is 5.69 Å². The van der Waals surface area contributed by atoms with Gasteiger partial charge in [0.1, 0.15) is 5.75 Å². The third-order valence-electron chi connectivity index (χ3n) is 2.55. The molecule has 3 nitrogen and oxygen atoms in total. The molecule has 0 fully saturated rings. The zero-order valence-electron chi connectivity index (χ0n) is 9.97. The molecule has 18 heavy (non-hydrogen) atoms. The summed E-state index contributed by atoms with van der Waals surface area (Å²) in [4.78, 5) is 0. The van der Waals surface area contributed by atoms with E-state index in [1.165, 1.54) is 0 Å². The summed E-state index contributed by atoms with van der Waals surface area (Å²) < 4.78 is 0. The number of anilines is 2. The lowest BCUT2D eigenvalue weighted by Crippen LogP contribution is -2.19. The molecule has 92 valence electrons. The minimum atomic E-state index is 0.173. The first-order valence-electron chi connectivity index (χ1n) is 5.58. The van der Waals surface area contributed by atoms with Crippen molar-refractivity contribution in [1.82, 2.24) is 0 Å². The molecular weight excluding hydrogens is 244 g/mol. The van der Waals surface area contributed by atoms with Crippen LogP contribution in [0.4, 0.5) is 11.4 Å². The van der Waals surface area contributed by atoms with Crippen molar-refractivity contribution in [2.45, 2.75) is 6.92 Å². The molecule has 0 amide bonds. The largest absolute Gasteiger partial charge is 0.506 e. The van der Waals surface area contributed by atoms with Gasteiger partial charge in [-0.1, -0.05) is 30.3 Å². The molecule has 0 heterocycles. The van der Waals surface area contributed by atoms with Crippen LogP contribution in [0.5, 0.6) is 5.75 Å². The molecular formula is C14H14N2OS. The maximum atomic E-state index is 9.63. The molecule has 0 radical (unpaired) electrons. The number of hydrogen-bond donors (Lipinski definition) is 3. The third-order valence-corrected chi connectivity index (χ3v) is 2.75. The Balaban J connectivity index is 2.06. The van der Waals surface area contributed by atoms with E-state index in [2.05, 4.69) is 10.6 Å². The molecule has 0 saturated heterocycles. The van der Waals surface area contributed by atoms with Crippen molar-refractivity contribution in [3.05, 3.63) is 54.1 Å². The summed E-state index contributed by atoms with van der Waals surface area (Å²) in [5, 5.41) is 16.1. The van der Waals surface area contributed by atoms with Crippen LogP contribution in [0.1, 0.15) is 5.56 Å². The summed E-state index contributed by atoms with van der Waals surface area (Å²) in [5.41, 5.74) is 2.65. The second-order valence-corrected chi connectivity index (χ2v) is 4.32. The van der Waals surface area contributed by atoms with Crippen molar-refractivity contribution in [3.63, 3.8) is 0 Å². The Morgan fingerprint density at radius 2 is 1.50 bits per heavy atom. The summed E-state index contributed by atoms with van der Waals surface area (Å²) in [6, 6.07) is 14.8. The number of benzene rings is 2. The second kappa shape index (κ2) is 5.51. The Kier molecular flexibility index (Phi) is 3.79. The Labute approximate surface area is 111 Å². The normalized spacial score (nSPS) is 9.83. The van der Waals surface area contributed by atoms with Crippen LogP contribution in [0.25, 0.3) is 0 Å². The van der Waals surface area contributed by atoms with Crippen molar-refractivity contribution >= 4 is 28.7 Å². The van der Waals surface area contributed by atoms with E-state index in [1.54, 1.807) is 18.2 Å². The number of thiocarbonyl (C=S) groups is 1. The van der Waals surface area contributed by atoms with Gasteiger partial charge in [0, 0.05) is 5.69 Å². The highest BCUT2D eigenvalue weighted by atomic mass is 32.1. The standard InChI is InChI=1S/C14H14N2OS/c1-10-6-2-3-7-11(10)15-14(18)16-12-8-4-5-9-13(12)17/h2-9,17H,1H3,(H2,15,16,18). The molecule has 0 atom stereocenters. The maximum Gasteiger partial charge on any atom is 0.175 e. The van der Waals surface area contributed by atoms with Gasteiger partial charge in [0.25, 0.3) is 0 Å². The third kappa shape index (κ3) is 2.99. The van der Waals surface area contributed by atoms with Gasteiger partial charge in [0.2, 0.25) is 0 Å². The van der Waals surface area contributed by atoms with E-state index in [0.29, 0.717) is 10.8 Å². The lowest BCUT2D eigenvalue weighted by atomic mass is 10.2. The van der Waals surface area contributed by atoms with Gasteiger partial charge in [0.15, 0.2) is 5.11 Å². The molecule has 0 aliphatic carbocycles. The average Bonchev–Trinajstić information content (AvgIpc) is 2.35. The van der Waals surface area contributed by atoms with E-state index >= 15 is 0 Å². The molecule has 0 bridgehead atoms. The van der Waals surface area contributed by atoms with Gasteiger partial charge in [-0.3, -0.25) is 0 Å². The van der Waals surface area contributed by atoms with Crippen LogP contribution >= 0.6 is 12.2 Å². The zero-order valence-corrected chi connectivity index (χ0v) is 10.8. The monoisotopic (exact) mass is 258 g/mol. The number of rotatable bonds is 2. The number of aryl methyl sites for hydroxylation is 1. The molecule has 0 aliphatic rings. The van der Waals surface area contributed by atoms with E-state index in [0.717, 1.165) is 11.3 Å². The van der Waals surface area contributed by atoms with Gasteiger partial charge in [-0.25, -0.2) is 0 Å². The van der Waals surface area contributed by atoms with Crippen LogP contribution in [0.15, 0.2) is 48.5 Å². The van der Waals surface area contributed by atoms with Gasteiger partial charge >= 0.3 is 0 Å². The molecule has 0 aromatic heterocycles. The number of phenols is 1. The molecule has 3 N–H and O–H groups in total. The molecule has 0 aliphatic heterocycles. The van der Waals surface area contributed by atoms with E-state index in [4.69, 9.17) is 12.2 Å². The summed E-state index contributed by atoms with van der Waals surface area (Å²) in [5.74, 6) is 0.173. The SMILES string of the molecule is Cc1ccccc1NC(=S)Nc1ccccc1O. The molecule has 0 spiro atoms. The first-order chi connectivity index (χ1) is 8.66. The van der Waals surface area contributed by atoms with Crippen LogP contribution in [-0.2, 0) is 0 Å². The predicted octanol–water partition coefficient (Wildman–Crippen LogP) is 3.51. The molecule has 2 aromatic carbocycles. The lowest BCUT2D eigenvalue weighted by Gasteiger charge is -2.13. The highest BCUT2D eigenvalue weighted by Gasteiger charge is 2.03. The van der Waals surface area contributed by atoms with E-state index < -0.39 is 0 Å². The van der Waals surface area contributed by atoms with E-state index in [-0.39, 0.29) is 5.75 Å². The summed E-state index contributed by atoms with van der Waals surface area (Å²) in [6.07, 6.45) is 0. The Morgan fingerprint density at radius 1 is 0.944 bits per heavy atom. The zero-order chi connectivity index (χ0) is 13.0. The first-order valence-corrected chi connectivity index (χ1v) is 5.99. The summed E-state index contributed by atoms with van der Waals surface area (Å²) in [6.45, 7) is 2.00. The Hall–Kier alpha value is -2.07. The van der Waals surface area contributed by atoms with E-state index in [9.17, 15) is 5.11 Å². The average molecular weight is 258 g/mol. The van der Waals surface area contributed by atoms with Crippen LogP contribution < -0.4 is 10.6 Å². The van der Waals surface area contributed by atoms with Crippen LogP contribution in [0.2, 0.25) is 0 Å². The number of para-hydroxylation sites is 3. The predicted molar refractivity (Wildman–Crippen MR) is 79.1 cm³/mol. The fraction of sp³-hybridized carbons (Fsp3) is 0.0714. The second-order valence-electron chi connectivity index (χ2n) is 3.91. The minimum absolute atomic E-state index is 0.173. The minimum Gasteiger partial charge on any atom is -0.506 e. The van der Waals surface area contributed by atoms with Crippen LogP contribution in [-0.4, -0.2) is 10.2 Å². The molecule has 0 unspecified atom stereocenters. The molecule has 2 aromatic rings. The van der Waals surface area contributed by atoms with Gasteiger partial charge in [-0.05, 0) is 42.9 Å². The lowest BCUT2D eigenvalue weighted by molar-refractivity contribution is 0.478. The fourth-order valence-corrected chi connectivity index (χ4v) is 1.79. The van der Waals surface area contributed by atoms with Crippen molar-refractivity contribution in [3.8, 4) is 5.75 Å². The van der Waals surface area contributed by atoms with Gasteiger partial charge in [-0.15, -0.1) is 0 Å². The molecule has 2 rings (SSSR count). The van der Waals surface area contributed by atoms with Crippen molar-refractivity contribution in [2.24, 2.45) is 0 Å². The molecule has 0 saturated carbocycles. The first kappa shape index (κ1) is 12.4. The topological polar surface area (TPSA) is 44.3 Å². The van der Waals surface area contributed by atoms with Gasteiger partial charge in [-0.2, -0.15) is 0 Å². The fourth-order valence-electron chi connectivity index (χ4n) is 1.57. The Morgan fingerprint density at radius 3 is 2.17 bits per heavy atom. The van der Waals surface area contributed by atoms with Crippen molar-refractivity contribution < 1.29 is 5.11 Å². The van der Waals surface area contributed by atoms with Crippen molar-refractivity contribution in [1.29, 1.82) is 0 Å². The summed E-state index contributed by atoms with van der Waals surface area (Å²) >= 11 is 5.20. The van der Waals surface area contributed by atoms with Crippen LogP contribution in [0.3, 0.4) is 0 Å². The highest BCUT2D eigenvalue weighted by Crippen LogP contribution is 2.22. The van der Waals surface area contributed by atoms with E-state index in [1.807, 2.05) is 37.3 Å². The maximum absolute atomic E-state index is 9.63.